The topological polar surface area (TPSA) is 50.1 Å². The Kier molecular flexibility index (Phi) is 3.29. The maximum absolute atomic E-state index is 10.5. The average Bonchev–Trinajstić information content (AvgIpc) is 2.25. The second-order valence-corrected chi connectivity index (χ2v) is 2.44. The average molecular weight is 185 g/mol. The van der Waals surface area contributed by atoms with Crippen molar-refractivity contribution in [2.24, 2.45) is 0 Å². The number of nitriles is 1. The van der Waals surface area contributed by atoms with Gasteiger partial charge in [-0.25, -0.2) is 0 Å². The molecule has 3 nitrogen and oxygen atoms in total. The van der Waals surface area contributed by atoms with Gasteiger partial charge in [0.1, 0.15) is 5.75 Å². The molecule has 0 saturated carbocycles. The summed E-state index contributed by atoms with van der Waals surface area (Å²) < 4.78 is 4.97. The Morgan fingerprint density at radius 2 is 2.29 bits per heavy atom. The predicted octanol–water partition coefficient (Wildman–Crippen LogP) is 1.38. The minimum atomic E-state index is 0.463. The summed E-state index contributed by atoms with van der Waals surface area (Å²) >= 11 is 0. The van der Waals surface area contributed by atoms with Crippen LogP contribution in [0.4, 0.5) is 0 Å². The van der Waals surface area contributed by atoms with Crippen molar-refractivity contribution in [1.29, 1.82) is 5.26 Å². The molecule has 0 N–H and O–H groups in total. The molecule has 0 saturated heterocycles. The van der Waals surface area contributed by atoms with Gasteiger partial charge in [0, 0.05) is 11.5 Å². The third-order valence-corrected chi connectivity index (χ3v) is 1.62. The molecule has 0 amide bonds. The normalized spacial score (nSPS) is 8.00. The lowest BCUT2D eigenvalue weighted by Gasteiger charge is -2.02. The zero-order valence-electron chi connectivity index (χ0n) is 7.57. The highest BCUT2D eigenvalue weighted by Crippen LogP contribution is 2.17. The van der Waals surface area contributed by atoms with Gasteiger partial charge in [-0.15, -0.1) is 0 Å². The molecule has 0 aliphatic carbocycles. The van der Waals surface area contributed by atoms with Crippen LogP contribution in [0.3, 0.4) is 0 Å². The van der Waals surface area contributed by atoms with E-state index in [1.54, 1.807) is 24.3 Å². The maximum atomic E-state index is 10.5. The van der Waals surface area contributed by atoms with Crippen molar-refractivity contribution in [3.8, 4) is 23.7 Å². The van der Waals surface area contributed by atoms with Gasteiger partial charge < -0.3 is 4.74 Å². The van der Waals surface area contributed by atoms with Crippen molar-refractivity contribution in [2.45, 2.75) is 0 Å². The Morgan fingerprint density at radius 3 is 2.86 bits per heavy atom. The van der Waals surface area contributed by atoms with Crippen LogP contribution < -0.4 is 4.74 Å². The Balaban J connectivity index is 3.15. The zero-order chi connectivity index (χ0) is 10.4. The summed E-state index contributed by atoms with van der Waals surface area (Å²) in [5, 5.41) is 8.24. The molecule has 0 aliphatic rings. The first-order valence-electron chi connectivity index (χ1n) is 3.85. The smallest absolute Gasteiger partial charge is 0.153 e. The third kappa shape index (κ3) is 2.12. The van der Waals surface area contributed by atoms with Gasteiger partial charge in [0.25, 0.3) is 0 Å². The van der Waals surface area contributed by atoms with Crippen molar-refractivity contribution < 1.29 is 9.53 Å². The molecule has 1 aromatic carbocycles. The summed E-state index contributed by atoms with van der Waals surface area (Å²) in [6.45, 7) is 0. The molecular weight excluding hydrogens is 178 g/mol. The van der Waals surface area contributed by atoms with Gasteiger partial charge in [0.15, 0.2) is 12.4 Å². The van der Waals surface area contributed by atoms with Crippen LogP contribution in [0.1, 0.15) is 15.9 Å². The minimum absolute atomic E-state index is 0.463. The largest absolute Gasteiger partial charge is 0.496 e. The second-order valence-electron chi connectivity index (χ2n) is 2.44. The fourth-order valence-corrected chi connectivity index (χ4v) is 0.986. The van der Waals surface area contributed by atoms with E-state index in [0.29, 0.717) is 23.2 Å². The van der Waals surface area contributed by atoms with Crippen molar-refractivity contribution in [3.05, 3.63) is 29.3 Å². The van der Waals surface area contributed by atoms with Crippen molar-refractivity contribution in [1.82, 2.24) is 0 Å². The molecule has 0 heterocycles. The lowest BCUT2D eigenvalue weighted by atomic mass is 10.1. The van der Waals surface area contributed by atoms with Gasteiger partial charge in [0.2, 0.25) is 0 Å². The van der Waals surface area contributed by atoms with E-state index in [1.807, 2.05) is 0 Å². The van der Waals surface area contributed by atoms with Crippen LogP contribution in [0.5, 0.6) is 5.75 Å². The summed E-state index contributed by atoms with van der Waals surface area (Å²) in [5.74, 6) is 5.34. The fraction of sp³-hybridized carbons (Fsp3) is 0.0909. The van der Waals surface area contributed by atoms with Gasteiger partial charge in [0.05, 0.1) is 12.7 Å². The van der Waals surface area contributed by atoms with E-state index in [9.17, 15) is 4.79 Å². The molecule has 0 bridgehead atoms. The second kappa shape index (κ2) is 4.69. The van der Waals surface area contributed by atoms with E-state index >= 15 is 0 Å². The van der Waals surface area contributed by atoms with E-state index in [4.69, 9.17) is 10.00 Å². The first-order chi connectivity index (χ1) is 6.81. The van der Waals surface area contributed by atoms with Gasteiger partial charge >= 0.3 is 0 Å². The number of carbonyl (C=O) groups is 1. The molecule has 1 aromatic rings. The number of rotatable bonds is 2. The molecule has 0 radical (unpaired) electrons. The molecule has 0 spiro atoms. The molecule has 0 unspecified atom stereocenters. The maximum Gasteiger partial charge on any atom is 0.153 e. The highest BCUT2D eigenvalue weighted by molar-refractivity contribution is 5.79. The Morgan fingerprint density at radius 1 is 1.50 bits per heavy atom. The van der Waals surface area contributed by atoms with E-state index in [2.05, 4.69) is 11.8 Å². The van der Waals surface area contributed by atoms with Crippen molar-refractivity contribution in [3.63, 3.8) is 0 Å². The van der Waals surface area contributed by atoms with Crippen LogP contribution in [0, 0.1) is 23.2 Å². The number of hydrogen-bond donors (Lipinski definition) is 0. The molecule has 68 valence electrons. The number of benzene rings is 1. The third-order valence-electron chi connectivity index (χ3n) is 1.62. The van der Waals surface area contributed by atoms with Crippen LogP contribution >= 0.6 is 0 Å². The molecule has 14 heavy (non-hydrogen) atoms. The van der Waals surface area contributed by atoms with Gasteiger partial charge in [-0.3, -0.25) is 4.79 Å². The summed E-state index contributed by atoms with van der Waals surface area (Å²) in [4.78, 5) is 10.5. The monoisotopic (exact) mass is 185 g/mol. The van der Waals surface area contributed by atoms with Crippen LogP contribution in [-0.4, -0.2) is 13.4 Å². The SMILES string of the molecule is COc1cc(C#CC#N)ccc1C=O. The van der Waals surface area contributed by atoms with Crippen LogP contribution in [0.15, 0.2) is 18.2 Å². The lowest BCUT2D eigenvalue weighted by Crippen LogP contribution is -1.90. The van der Waals surface area contributed by atoms with E-state index < -0.39 is 0 Å². The van der Waals surface area contributed by atoms with E-state index in [1.165, 1.54) is 7.11 Å². The molecule has 3 heteroatoms. The number of methoxy groups -OCH3 is 1. The fourth-order valence-electron chi connectivity index (χ4n) is 0.986. The number of ether oxygens (including phenoxy) is 1. The van der Waals surface area contributed by atoms with Gasteiger partial charge in [-0.1, -0.05) is 5.92 Å². The van der Waals surface area contributed by atoms with Crippen LogP contribution in [-0.2, 0) is 0 Å². The molecule has 0 aromatic heterocycles. The molecule has 0 fully saturated rings. The quantitative estimate of drug-likeness (QED) is 0.516. The summed E-state index contributed by atoms with van der Waals surface area (Å²) in [5.41, 5.74) is 1.11. The highest BCUT2D eigenvalue weighted by atomic mass is 16.5. The van der Waals surface area contributed by atoms with E-state index in [0.717, 1.165) is 0 Å². The minimum Gasteiger partial charge on any atom is -0.496 e. The lowest BCUT2D eigenvalue weighted by molar-refractivity contribution is 0.112. The number of carbonyl (C=O) groups excluding carboxylic acids is 1. The molecule has 0 aliphatic heterocycles. The number of aldehydes is 1. The number of nitrogens with zero attached hydrogens (tertiary/aromatic N) is 1. The highest BCUT2D eigenvalue weighted by Gasteiger charge is 2.01. The Bertz CT molecular complexity index is 447. The summed E-state index contributed by atoms with van der Waals surface area (Å²) in [7, 11) is 1.48. The Labute approximate surface area is 81.9 Å². The van der Waals surface area contributed by atoms with E-state index in [-0.39, 0.29) is 0 Å². The van der Waals surface area contributed by atoms with Gasteiger partial charge in [-0.2, -0.15) is 5.26 Å². The van der Waals surface area contributed by atoms with Crippen molar-refractivity contribution in [2.75, 3.05) is 7.11 Å². The first-order valence-corrected chi connectivity index (χ1v) is 3.85. The first kappa shape index (κ1) is 9.83. The number of hydrogen-bond acceptors (Lipinski definition) is 3. The molecule has 1 rings (SSSR count). The summed E-state index contributed by atoms with van der Waals surface area (Å²) in [6.07, 6.45) is 0.709. The van der Waals surface area contributed by atoms with Gasteiger partial charge in [-0.05, 0) is 18.2 Å². The standard InChI is InChI=1S/C11H7NO2/c1-14-11-7-9(3-2-6-12)4-5-10(11)8-13/h4-5,7-8H,1H3. The zero-order valence-corrected chi connectivity index (χ0v) is 7.57. The van der Waals surface area contributed by atoms with Crippen LogP contribution in [0.25, 0.3) is 0 Å². The van der Waals surface area contributed by atoms with Crippen LogP contribution in [0.2, 0.25) is 0 Å². The van der Waals surface area contributed by atoms with Crippen molar-refractivity contribution >= 4 is 6.29 Å². The predicted molar refractivity (Wildman–Crippen MR) is 50.9 cm³/mol. The molecular formula is C11H7NO2. The summed E-state index contributed by atoms with van der Waals surface area (Å²) in [6, 6.07) is 6.60. The molecule has 0 atom stereocenters. The Hall–Kier alpha value is -2.26.